The standard InChI is InChI=1S/C20H28N2O5S/c1-3-26-18-6-4-5-7-19(18)27-11-10-22-15(2)12-16-8-9-17(14-23)20(13-16)28(21,24)25/h4-9,13,15,22-23H,3,10-12,14H2,1-2H3,(H2,21,24,25). The first-order valence-corrected chi connectivity index (χ1v) is 10.7. The van der Waals surface area contributed by atoms with E-state index in [0.29, 0.717) is 37.5 Å². The number of primary sulfonamides is 1. The second-order valence-electron chi connectivity index (χ2n) is 6.43. The molecule has 0 radical (unpaired) electrons. The van der Waals surface area contributed by atoms with Gasteiger partial charge < -0.3 is 19.9 Å². The average Bonchev–Trinajstić information content (AvgIpc) is 2.66. The highest BCUT2D eigenvalue weighted by atomic mass is 32.2. The number of sulfonamides is 1. The van der Waals surface area contributed by atoms with Gasteiger partial charge in [0.15, 0.2) is 11.5 Å². The Morgan fingerprint density at radius 1 is 1.14 bits per heavy atom. The van der Waals surface area contributed by atoms with Gasteiger partial charge in [-0.25, -0.2) is 13.6 Å². The van der Waals surface area contributed by atoms with Gasteiger partial charge in [0, 0.05) is 12.6 Å². The van der Waals surface area contributed by atoms with E-state index in [9.17, 15) is 13.5 Å². The maximum atomic E-state index is 11.7. The van der Waals surface area contributed by atoms with Crippen LogP contribution in [-0.4, -0.2) is 39.3 Å². The second-order valence-corrected chi connectivity index (χ2v) is 7.96. The van der Waals surface area contributed by atoms with Gasteiger partial charge in [0.2, 0.25) is 10.0 Å². The molecule has 0 saturated carbocycles. The minimum Gasteiger partial charge on any atom is -0.490 e. The number of rotatable bonds is 11. The highest BCUT2D eigenvalue weighted by Crippen LogP contribution is 2.26. The van der Waals surface area contributed by atoms with Crippen molar-refractivity contribution in [3.05, 3.63) is 53.6 Å². The van der Waals surface area contributed by atoms with E-state index in [-0.39, 0.29) is 17.5 Å². The molecule has 7 nitrogen and oxygen atoms in total. The summed E-state index contributed by atoms with van der Waals surface area (Å²) < 4.78 is 34.7. The van der Waals surface area contributed by atoms with E-state index in [1.54, 1.807) is 12.1 Å². The Labute approximate surface area is 166 Å². The van der Waals surface area contributed by atoms with Crippen LogP contribution in [0.5, 0.6) is 11.5 Å². The summed E-state index contributed by atoms with van der Waals surface area (Å²) in [6, 6.07) is 12.5. The molecule has 2 aromatic rings. The molecule has 0 aliphatic rings. The van der Waals surface area contributed by atoms with Gasteiger partial charge in [-0.1, -0.05) is 24.3 Å². The molecule has 28 heavy (non-hydrogen) atoms. The van der Waals surface area contributed by atoms with Gasteiger partial charge in [-0.15, -0.1) is 0 Å². The Kier molecular flexibility index (Phi) is 8.25. The molecule has 2 rings (SSSR count). The summed E-state index contributed by atoms with van der Waals surface area (Å²) in [6.07, 6.45) is 0.615. The lowest BCUT2D eigenvalue weighted by Crippen LogP contribution is -2.32. The average molecular weight is 409 g/mol. The normalized spacial score (nSPS) is 12.6. The Hall–Kier alpha value is -2.13. The molecule has 8 heteroatoms. The van der Waals surface area contributed by atoms with Gasteiger partial charge in [-0.2, -0.15) is 0 Å². The second kappa shape index (κ2) is 10.4. The van der Waals surface area contributed by atoms with Crippen molar-refractivity contribution in [2.45, 2.75) is 37.8 Å². The van der Waals surface area contributed by atoms with Gasteiger partial charge in [-0.05, 0) is 49.6 Å². The van der Waals surface area contributed by atoms with E-state index in [0.717, 1.165) is 11.3 Å². The molecule has 0 aliphatic carbocycles. The van der Waals surface area contributed by atoms with Gasteiger partial charge in [0.25, 0.3) is 0 Å². The number of hydrogen-bond acceptors (Lipinski definition) is 6. The van der Waals surface area contributed by atoms with Gasteiger partial charge in [0.05, 0.1) is 18.1 Å². The minimum atomic E-state index is -3.88. The molecular weight excluding hydrogens is 380 g/mol. The zero-order chi connectivity index (χ0) is 20.6. The molecule has 1 unspecified atom stereocenters. The number of aliphatic hydroxyl groups is 1. The third-order valence-corrected chi connectivity index (χ3v) is 5.14. The Bertz CT molecular complexity index is 871. The Balaban J connectivity index is 1.87. The smallest absolute Gasteiger partial charge is 0.238 e. The first-order chi connectivity index (χ1) is 13.3. The van der Waals surface area contributed by atoms with Crippen molar-refractivity contribution in [1.29, 1.82) is 0 Å². The third-order valence-electron chi connectivity index (χ3n) is 4.15. The van der Waals surface area contributed by atoms with Gasteiger partial charge >= 0.3 is 0 Å². The van der Waals surface area contributed by atoms with Crippen LogP contribution in [0.25, 0.3) is 0 Å². The van der Waals surface area contributed by atoms with Crippen molar-refractivity contribution in [2.75, 3.05) is 19.8 Å². The fraction of sp³-hybridized carbons (Fsp3) is 0.400. The van der Waals surface area contributed by atoms with E-state index >= 15 is 0 Å². The van der Waals surface area contributed by atoms with Crippen molar-refractivity contribution < 1.29 is 23.0 Å². The van der Waals surface area contributed by atoms with Crippen molar-refractivity contribution in [1.82, 2.24) is 5.32 Å². The maximum absolute atomic E-state index is 11.7. The lowest BCUT2D eigenvalue weighted by Gasteiger charge is -2.16. The Morgan fingerprint density at radius 3 is 2.43 bits per heavy atom. The van der Waals surface area contributed by atoms with Crippen LogP contribution in [-0.2, 0) is 23.1 Å². The molecule has 0 aliphatic heterocycles. The van der Waals surface area contributed by atoms with Crippen LogP contribution >= 0.6 is 0 Å². The van der Waals surface area contributed by atoms with Crippen molar-refractivity contribution in [3.8, 4) is 11.5 Å². The molecule has 0 bridgehead atoms. The number of benzene rings is 2. The van der Waals surface area contributed by atoms with Gasteiger partial charge in [0.1, 0.15) is 6.61 Å². The zero-order valence-electron chi connectivity index (χ0n) is 16.2. The molecular formula is C20H28N2O5S. The van der Waals surface area contributed by atoms with Crippen LogP contribution in [0.15, 0.2) is 47.4 Å². The van der Waals surface area contributed by atoms with E-state index in [4.69, 9.17) is 14.6 Å². The highest BCUT2D eigenvalue weighted by molar-refractivity contribution is 7.89. The molecule has 0 spiro atoms. The summed E-state index contributed by atoms with van der Waals surface area (Å²) in [5.74, 6) is 1.42. The number of aliphatic hydroxyl groups excluding tert-OH is 1. The predicted octanol–water partition coefficient (Wildman–Crippen LogP) is 1.82. The molecule has 0 fully saturated rings. The quantitative estimate of drug-likeness (QED) is 0.489. The minimum absolute atomic E-state index is 0.0319. The molecule has 0 heterocycles. The monoisotopic (exact) mass is 408 g/mol. The number of nitrogens with one attached hydrogen (secondary N) is 1. The summed E-state index contributed by atoms with van der Waals surface area (Å²) >= 11 is 0. The summed E-state index contributed by atoms with van der Waals surface area (Å²) in [4.78, 5) is -0.0319. The molecule has 2 aromatic carbocycles. The van der Waals surface area contributed by atoms with Crippen LogP contribution in [0.2, 0.25) is 0 Å². The molecule has 0 amide bonds. The molecule has 4 N–H and O–H groups in total. The maximum Gasteiger partial charge on any atom is 0.238 e. The number of ether oxygens (including phenoxy) is 2. The first-order valence-electron chi connectivity index (χ1n) is 9.18. The molecule has 0 saturated heterocycles. The number of para-hydroxylation sites is 2. The van der Waals surface area contributed by atoms with Crippen LogP contribution in [0.3, 0.4) is 0 Å². The van der Waals surface area contributed by atoms with Gasteiger partial charge in [-0.3, -0.25) is 0 Å². The lowest BCUT2D eigenvalue weighted by molar-refractivity contribution is 0.272. The van der Waals surface area contributed by atoms with Crippen molar-refractivity contribution in [2.24, 2.45) is 5.14 Å². The lowest BCUT2D eigenvalue weighted by atomic mass is 10.1. The largest absolute Gasteiger partial charge is 0.490 e. The molecule has 154 valence electrons. The van der Waals surface area contributed by atoms with E-state index < -0.39 is 10.0 Å². The highest BCUT2D eigenvalue weighted by Gasteiger charge is 2.15. The molecule has 1 atom stereocenters. The fourth-order valence-electron chi connectivity index (χ4n) is 2.86. The van der Waals surface area contributed by atoms with Crippen molar-refractivity contribution >= 4 is 10.0 Å². The summed E-state index contributed by atoms with van der Waals surface area (Å²) in [7, 11) is -3.88. The SMILES string of the molecule is CCOc1ccccc1OCCNC(C)Cc1ccc(CO)c(S(N)(=O)=O)c1. The third kappa shape index (κ3) is 6.49. The fourth-order valence-corrected chi connectivity index (χ4v) is 3.67. The zero-order valence-corrected chi connectivity index (χ0v) is 17.0. The van der Waals surface area contributed by atoms with Crippen LogP contribution in [0.4, 0.5) is 0 Å². The predicted molar refractivity (Wildman–Crippen MR) is 108 cm³/mol. The Morgan fingerprint density at radius 2 is 1.82 bits per heavy atom. The van der Waals surface area contributed by atoms with Crippen LogP contribution in [0.1, 0.15) is 25.0 Å². The summed E-state index contributed by atoms with van der Waals surface area (Å²) in [5, 5.41) is 17.9. The summed E-state index contributed by atoms with van der Waals surface area (Å²) in [6.45, 7) is 5.23. The van der Waals surface area contributed by atoms with E-state index in [1.807, 2.05) is 38.1 Å². The molecule has 0 aromatic heterocycles. The van der Waals surface area contributed by atoms with E-state index in [1.165, 1.54) is 6.07 Å². The number of nitrogens with two attached hydrogens (primary N) is 1. The van der Waals surface area contributed by atoms with Crippen LogP contribution in [0, 0.1) is 0 Å². The first kappa shape index (κ1) is 22.2. The number of hydrogen-bond donors (Lipinski definition) is 3. The van der Waals surface area contributed by atoms with Crippen LogP contribution < -0.4 is 19.9 Å². The summed E-state index contributed by atoms with van der Waals surface area (Å²) in [5.41, 5.74) is 1.12. The van der Waals surface area contributed by atoms with Crippen molar-refractivity contribution in [3.63, 3.8) is 0 Å². The topological polar surface area (TPSA) is 111 Å². The van der Waals surface area contributed by atoms with E-state index in [2.05, 4.69) is 5.32 Å².